The van der Waals surface area contributed by atoms with E-state index < -0.39 is 5.79 Å². The number of fused-ring (bicyclic) bond motifs is 3. The number of tetrazole rings is 1. The number of benzene rings is 1. The van der Waals surface area contributed by atoms with E-state index in [9.17, 15) is 0 Å². The van der Waals surface area contributed by atoms with Gasteiger partial charge in [0, 0.05) is 29.9 Å². The molecule has 1 saturated carbocycles. The number of ether oxygens (including phenoxy) is 2. The molecule has 1 aromatic carbocycles. The molecule has 0 amide bonds. The van der Waals surface area contributed by atoms with Gasteiger partial charge in [-0.15, -0.1) is 10.2 Å². The Morgan fingerprint density at radius 3 is 2.55 bits per heavy atom. The van der Waals surface area contributed by atoms with Gasteiger partial charge in [-0.25, -0.2) is 0 Å². The average Bonchev–Trinajstić information content (AvgIpc) is 3.52. The van der Waals surface area contributed by atoms with Gasteiger partial charge in [0.2, 0.25) is 5.82 Å². The summed E-state index contributed by atoms with van der Waals surface area (Å²) < 4.78 is 14.5. The minimum atomic E-state index is -0.464. The molecule has 33 heavy (non-hydrogen) atoms. The van der Waals surface area contributed by atoms with Crippen molar-refractivity contribution in [3.8, 4) is 11.5 Å². The van der Waals surface area contributed by atoms with E-state index in [4.69, 9.17) is 19.7 Å². The highest BCUT2D eigenvalue weighted by molar-refractivity contribution is 5.58. The Labute approximate surface area is 194 Å². The lowest BCUT2D eigenvalue weighted by atomic mass is 9.49. The fourth-order valence-corrected chi connectivity index (χ4v) is 6.90. The number of hydrogen-bond acceptors (Lipinski definition) is 6. The summed E-state index contributed by atoms with van der Waals surface area (Å²) >= 11 is 0. The zero-order chi connectivity index (χ0) is 22.8. The highest BCUT2D eigenvalue weighted by Crippen LogP contribution is 2.62. The molecule has 1 saturated heterocycles. The summed E-state index contributed by atoms with van der Waals surface area (Å²) in [6.07, 6.45) is 3.91. The first kappa shape index (κ1) is 21.0. The molecule has 0 radical (unpaired) electrons. The van der Waals surface area contributed by atoms with Crippen LogP contribution in [0.4, 0.5) is 0 Å². The Kier molecular flexibility index (Phi) is 4.58. The monoisotopic (exact) mass is 448 g/mol. The van der Waals surface area contributed by atoms with Crippen LogP contribution < -0.4 is 0 Å². The molecule has 8 heteroatoms. The van der Waals surface area contributed by atoms with E-state index in [1.165, 1.54) is 11.3 Å². The molecule has 0 unspecified atom stereocenters. The number of aryl methyl sites for hydroxylation is 1. The molecule has 0 N–H and O–H groups in total. The molecule has 3 heterocycles. The van der Waals surface area contributed by atoms with Crippen molar-refractivity contribution < 1.29 is 9.47 Å². The fraction of sp³-hybridized carbons (Fsp3) is 0.600. The first-order valence-corrected chi connectivity index (χ1v) is 12.0. The van der Waals surface area contributed by atoms with Crippen LogP contribution in [-0.2, 0) is 34.9 Å². The van der Waals surface area contributed by atoms with Gasteiger partial charge in [-0.2, -0.15) is 9.90 Å². The lowest BCUT2D eigenvalue weighted by Gasteiger charge is -2.59. The van der Waals surface area contributed by atoms with Crippen LogP contribution in [0.25, 0.3) is 11.5 Å². The van der Waals surface area contributed by atoms with Gasteiger partial charge in [0.25, 0.3) is 0 Å². The number of hydrogen-bond donors (Lipinski definition) is 0. The molecular formula is C25H32N6O2. The first-order valence-electron chi connectivity index (χ1n) is 12.0. The van der Waals surface area contributed by atoms with E-state index >= 15 is 0 Å². The van der Waals surface area contributed by atoms with Crippen LogP contribution in [0.2, 0.25) is 0 Å². The number of rotatable bonds is 3. The maximum atomic E-state index is 6.25. The van der Waals surface area contributed by atoms with Gasteiger partial charge in [-0.1, -0.05) is 51.1 Å². The standard InChI is InChI=1S/C25H32N6O2/c1-23(2)19-11-10-18-20(22-26-29-31(28-22)16-17-8-6-5-7-9-17)30(4)27-21(18)24(19,3)12-13-25(23)32-14-15-33-25/h5-9,19H,10-16H2,1-4H3/t19-,24-/m0/s1. The topological polar surface area (TPSA) is 79.9 Å². The normalized spacial score (nSPS) is 27.5. The zero-order valence-electron chi connectivity index (χ0n) is 19.9. The highest BCUT2D eigenvalue weighted by atomic mass is 16.7. The van der Waals surface area contributed by atoms with Crippen LogP contribution in [0.3, 0.4) is 0 Å². The van der Waals surface area contributed by atoms with E-state index in [1.54, 1.807) is 4.80 Å². The minimum absolute atomic E-state index is 0.0340. The average molecular weight is 449 g/mol. The van der Waals surface area contributed by atoms with E-state index in [0.717, 1.165) is 36.9 Å². The van der Waals surface area contributed by atoms with Gasteiger partial charge >= 0.3 is 0 Å². The van der Waals surface area contributed by atoms with E-state index in [1.807, 2.05) is 29.9 Å². The Bertz CT molecular complexity index is 1180. The molecule has 0 bridgehead atoms. The summed E-state index contributed by atoms with van der Waals surface area (Å²) in [7, 11) is 2.00. The number of aromatic nitrogens is 6. The third-order valence-corrected chi connectivity index (χ3v) is 8.55. The van der Waals surface area contributed by atoms with Crippen LogP contribution in [0.5, 0.6) is 0 Å². The van der Waals surface area contributed by atoms with Gasteiger partial charge in [0.05, 0.1) is 25.5 Å². The first-order chi connectivity index (χ1) is 15.8. The van der Waals surface area contributed by atoms with Crippen LogP contribution in [0, 0.1) is 11.3 Å². The van der Waals surface area contributed by atoms with Crippen molar-refractivity contribution in [2.24, 2.45) is 18.4 Å². The van der Waals surface area contributed by atoms with Crippen molar-refractivity contribution in [1.29, 1.82) is 0 Å². The Balaban J connectivity index is 1.35. The van der Waals surface area contributed by atoms with Crippen molar-refractivity contribution >= 4 is 0 Å². The molecule has 6 rings (SSSR count). The van der Waals surface area contributed by atoms with Gasteiger partial charge in [-0.05, 0) is 36.0 Å². The maximum Gasteiger partial charge on any atom is 0.223 e. The fourth-order valence-electron chi connectivity index (χ4n) is 6.90. The van der Waals surface area contributed by atoms with E-state index in [-0.39, 0.29) is 10.8 Å². The summed E-state index contributed by atoms with van der Waals surface area (Å²) in [5.74, 6) is 0.612. The summed E-state index contributed by atoms with van der Waals surface area (Å²) in [5.41, 5.74) is 4.48. The van der Waals surface area contributed by atoms with Crippen molar-refractivity contribution in [3.05, 3.63) is 47.2 Å². The van der Waals surface area contributed by atoms with Crippen molar-refractivity contribution in [3.63, 3.8) is 0 Å². The molecule has 1 aliphatic heterocycles. The van der Waals surface area contributed by atoms with Gasteiger partial charge in [-0.3, -0.25) is 4.68 Å². The summed E-state index contributed by atoms with van der Waals surface area (Å²) in [6.45, 7) is 9.02. The summed E-state index contributed by atoms with van der Waals surface area (Å²) in [6, 6.07) is 10.2. The second-order valence-electron chi connectivity index (χ2n) is 10.6. The van der Waals surface area contributed by atoms with Crippen LogP contribution >= 0.6 is 0 Å². The third-order valence-electron chi connectivity index (χ3n) is 8.55. The van der Waals surface area contributed by atoms with Gasteiger partial charge in [0.1, 0.15) is 5.69 Å². The maximum absolute atomic E-state index is 6.25. The Hall–Kier alpha value is -2.58. The second-order valence-corrected chi connectivity index (χ2v) is 10.6. The van der Waals surface area contributed by atoms with Crippen LogP contribution in [0.1, 0.15) is 56.9 Å². The lowest BCUT2D eigenvalue weighted by molar-refractivity contribution is -0.276. The molecule has 8 nitrogen and oxygen atoms in total. The minimum Gasteiger partial charge on any atom is -0.347 e. The van der Waals surface area contributed by atoms with Crippen molar-refractivity contribution in [2.75, 3.05) is 13.2 Å². The van der Waals surface area contributed by atoms with E-state index in [0.29, 0.717) is 31.5 Å². The molecule has 2 fully saturated rings. The molecule has 2 aliphatic carbocycles. The van der Waals surface area contributed by atoms with Crippen molar-refractivity contribution in [2.45, 2.75) is 64.2 Å². The third kappa shape index (κ3) is 2.96. The van der Waals surface area contributed by atoms with Crippen LogP contribution in [0.15, 0.2) is 30.3 Å². The number of nitrogens with zero attached hydrogens (tertiary/aromatic N) is 6. The quantitative estimate of drug-likeness (QED) is 0.610. The van der Waals surface area contributed by atoms with E-state index in [2.05, 4.69) is 43.2 Å². The predicted molar refractivity (Wildman–Crippen MR) is 122 cm³/mol. The molecule has 2 aromatic heterocycles. The molecule has 3 aromatic rings. The summed E-state index contributed by atoms with van der Waals surface area (Å²) in [4.78, 5) is 1.67. The lowest BCUT2D eigenvalue weighted by Crippen LogP contribution is -2.61. The predicted octanol–water partition coefficient (Wildman–Crippen LogP) is 3.51. The molecule has 3 aliphatic rings. The SMILES string of the molecule is Cn1nc2c(c1-c1nnn(Cc3ccccc3)n1)CC[C@H]1C(C)(C)C3(CC[C@]21C)OCCO3. The molecule has 174 valence electrons. The molecular weight excluding hydrogens is 416 g/mol. The Morgan fingerprint density at radius 1 is 1.03 bits per heavy atom. The second kappa shape index (κ2) is 7.21. The smallest absolute Gasteiger partial charge is 0.223 e. The largest absolute Gasteiger partial charge is 0.347 e. The van der Waals surface area contributed by atoms with Gasteiger partial charge in [0.15, 0.2) is 5.79 Å². The Morgan fingerprint density at radius 2 is 1.79 bits per heavy atom. The highest BCUT2D eigenvalue weighted by Gasteiger charge is 2.64. The van der Waals surface area contributed by atoms with Crippen LogP contribution in [-0.4, -0.2) is 49.0 Å². The van der Waals surface area contributed by atoms with Gasteiger partial charge < -0.3 is 9.47 Å². The summed E-state index contributed by atoms with van der Waals surface area (Å²) in [5, 5.41) is 18.5. The zero-order valence-corrected chi connectivity index (χ0v) is 19.9. The molecule has 2 atom stereocenters. The van der Waals surface area contributed by atoms with Crippen molar-refractivity contribution in [1.82, 2.24) is 30.0 Å². The molecule has 1 spiro atoms.